The van der Waals surface area contributed by atoms with E-state index in [1.54, 1.807) is 13.8 Å². The number of carbonyl (C=O) groups excluding carboxylic acids is 3. The highest BCUT2D eigenvalue weighted by Gasteiger charge is 2.50. The number of anilines is 1. The van der Waals surface area contributed by atoms with Crippen LogP contribution >= 0.6 is 23.5 Å². The first-order valence-electron chi connectivity index (χ1n) is 23.6. The van der Waals surface area contributed by atoms with Crippen molar-refractivity contribution in [3.8, 4) is 0 Å². The van der Waals surface area contributed by atoms with E-state index in [2.05, 4.69) is 46.6 Å². The minimum Gasteiger partial charge on any atom is -0.481 e. The van der Waals surface area contributed by atoms with E-state index in [4.69, 9.17) is 19.5 Å². The summed E-state index contributed by atoms with van der Waals surface area (Å²) >= 11 is 0. The normalized spacial score (nSPS) is 19.8. The topological polar surface area (TPSA) is 401 Å². The van der Waals surface area contributed by atoms with Crippen molar-refractivity contribution >= 4 is 64.0 Å². The van der Waals surface area contributed by atoms with Crippen molar-refractivity contribution in [2.75, 3.05) is 32.0 Å². The fourth-order valence-electron chi connectivity index (χ4n) is 7.83. The lowest BCUT2D eigenvalue weighted by atomic mass is 9.81. The maximum atomic E-state index is 13.1. The molecule has 0 saturated carbocycles. The lowest BCUT2D eigenvalue weighted by Gasteiger charge is -2.30. The van der Waals surface area contributed by atoms with Crippen LogP contribution in [0.1, 0.15) is 117 Å². The molecule has 26 nitrogen and oxygen atoms in total. The highest BCUT2D eigenvalue weighted by Crippen LogP contribution is 2.61. The number of nitrogens with one attached hydrogen (secondary N) is 2. The molecular weight excluding hydrogens is 1020 g/mol. The van der Waals surface area contributed by atoms with Gasteiger partial charge in [0, 0.05) is 36.8 Å². The second-order valence-electron chi connectivity index (χ2n) is 19.9. The Morgan fingerprint density at radius 1 is 0.822 bits per heavy atom. The Balaban J connectivity index is 1.14. The van der Waals surface area contributed by atoms with Gasteiger partial charge in [0.05, 0.1) is 25.0 Å². The number of benzene rings is 1. The van der Waals surface area contributed by atoms with Crippen LogP contribution in [0.15, 0.2) is 36.9 Å². The van der Waals surface area contributed by atoms with Crippen molar-refractivity contribution < 1.29 is 90.4 Å². The number of fused-ring (bicyclic) bond motifs is 1. The summed E-state index contributed by atoms with van der Waals surface area (Å²) in [6.07, 6.45) is 0.599. The van der Waals surface area contributed by atoms with E-state index in [1.165, 1.54) is 25.0 Å². The molecule has 0 aliphatic carbocycles. The van der Waals surface area contributed by atoms with E-state index in [1.807, 2.05) is 26.0 Å². The second-order valence-corrected chi connectivity index (χ2v) is 24.1. The van der Waals surface area contributed by atoms with E-state index < -0.39 is 101 Å². The van der Waals surface area contributed by atoms with Crippen LogP contribution in [0.25, 0.3) is 11.2 Å². The first-order valence-corrected chi connectivity index (χ1v) is 28.1. The lowest BCUT2D eigenvalue weighted by Crippen LogP contribution is -2.46. The van der Waals surface area contributed by atoms with Crippen LogP contribution in [0.5, 0.6) is 0 Å². The molecule has 410 valence electrons. The number of nitrogen functional groups attached to an aromatic ring is 1. The van der Waals surface area contributed by atoms with Crippen LogP contribution in [0, 0.1) is 16.2 Å². The van der Waals surface area contributed by atoms with E-state index in [-0.39, 0.29) is 48.7 Å². The first kappa shape index (κ1) is 61.4. The summed E-state index contributed by atoms with van der Waals surface area (Å²) in [6, 6.07) is 8.28. The summed E-state index contributed by atoms with van der Waals surface area (Å²) < 4.78 is 62.6. The number of amides is 2. The maximum absolute atomic E-state index is 13.1. The van der Waals surface area contributed by atoms with Crippen molar-refractivity contribution in [1.29, 1.82) is 0 Å². The van der Waals surface area contributed by atoms with Crippen molar-refractivity contribution in [2.24, 2.45) is 16.2 Å². The Bertz CT molecular complexity index is 2520. The molecule has 0 spiro atoms. The number of carboxylic acid groups (broad SMARTS) is 1. The Morgan fingerprint density at radius 3 is 2.04 bits per heavy atom. The highest BCUT2D eigenvalue weighted by atomic mass is 31.3. The van der Waals surface area contributed by atoms with Gasteiger partial charge in [-0.25, -0.2) is 28.6 Å². The number of aliphatic hydroxyl groups excluding tert-OH is 2. The third-order valence-electron chi connectivity index (χ3n) is 12.4. The molecule has 4 rings (SSSR count). The summed E-state index contributed by atoms with van der Waals surface area (Å²) in [7, 11) is -16.5. The molecule has 29 heteroatoms. The molecule has 11 N–H and O–H groups in total. The number of unbranched alkanes of at least 4 members (excludes halogenated alkanes) is 3. The molecule has 73 heavy (non-hydrogen) atoms. The number of aliphatic hydroxyl groups is 2. The van der Waals surface area contributed by atoms with Crippen LogP contribution in [-0.4, -0.2) is 129 Å². The quantitative estimate of drug-likeness (QED) is 0.0312. The van der Waals surface area contributed by atoms with Gasteiger partial charge in [-0.1, -0.05) is 71.2 Å². The van der Waals surface area contributed by atoms with Crippen LogP contribution in [0.2, 0.25) is 0 Å². The summed E-state index contributed by atoms with van der Waals surface area (Å²) in [5.74, 6) is -2.33. The van der Waals surface area contributed by atoms with E-state index >= 15 is 0 Å². The number of carboxylic acids is 1. The van der Waals surface area contributed by atoms with Crippen molar-refractivity contribution in [3.63, 3.8) is 0 Å². The number of carbonyl (C=O) groups is 4. The minimum absolute atomic E-state index is 0.0198. The minimum atomic E-state index is -5.60. The zero-order valence-electron chi connectivity index (χ0n) is 41.7. The van der Waals surface area contributed by atoms with Crippen molar-refractivity contribution in [2.45, 2.75) is 143 Å². The molecule has 2 amide bonds. The number of phosphoric ester groups is 3. The zero-order chi connectivity index (χ0) is 54.6. The van der Waals surface area contributed by atoms with Crippen molar-refractivity contribution in [3.05, 3.63) is 48.0 Å². The number of hydrogen-bond acceptors (Lipinski definition) is 18. The molecule has 0 bridgehead atoms. The highest BCUT2D eigenvalue weighted by molar-refractivity contribution is 7.61. The van der Waals surface area contributed by atoms with Crippen molar-refractivity contribution in [1.82, 2.24) is 30.2 Å². The molecule has 1 aliphatic rings. The fraction of sp³-hybridized carbons (Fsp3) is 0.659. The van der Waals surface area contributed by atoms with Gasteiger partial charge in [0.25, 0.3) is 0 Å². The number of rotatable bonds is 32. The number of aliphatic carboxylic acids is 1. The second kappa shape index (κ2) is 26.1. The lowest BCUT2D eigenvalue weighted by molar-refractivity contribution is -0.147. The first-order chi connectivity index (χ1) is 33.8. The summed E-state index contributed by atoms with van der Waals surface area (Å²) in [5, 5.41) is 36.0. The Morgan fingerprint density at radius 2 is 1.41 bits per heavy atom. The van der Waals surface area contributed by atoms with Gasteiger partial charge in [-0.2, -0.15) is 4.31 Å². The van der Waals surface area contributed by atoms with Gasteiger partial charge in [0.15, 0.2) is 17.7 Å². The number of phosphoric acid groups is 3. The molecule has 2 aromatic heterocycles. The number of nitrogens with two attached hydrogens (primary N) is 1. The van der Waals surface area contributed by atoms with Gasteiger partial charge in [-0.15, -0.1) is 0 Å². The molecule has 3 heterocycles. The third-order valence-corrected chi connectivity index (χ3v) is 15.5. The smallest absolute Gasteiger partial charge is 0.481 e. The van der Waals surface area contributed by atoms with Gasteiger partial charge in [0.2, 0.25) is 11.8 Å². The maximum Gasteiger partial charge on any atom is 0.481 e. The molecular formula is C44H70N7O19P3. The summed E-state index contributed by atoms with van der Waals surface area (Å²) in [4.78, 5) is 101. The Labute approximate surface area is 422 Å². The van der Waals surface area contributed by atoms with Crippen LogP contribution in [0.3, 0.4) is 0 Å². The summed E-state index contributed by atoms with van der Waals surface area (Å²) in [5.41, 5.74) is 5.44. The molecule has 1 saturated heterocycles. The van der Waals surface area contributed by atoms with E-state index in [0.29, 0.717) is 12.8 Å². The SMILES string of the molecule is CC(C)(CCCCCc1ccccc1CCCCC(C)(C)C(=O)CCNC(=O)CCNC(=O)C(O)C(C)(C)COP(=O)(O)OP(=O)(O)OCC1OC(n2cnc3c(N)ncnc32)C(O)C1OP(=O)(O)O)C(=O)O. The number of ketones is 1. The number of aryl methyl sites for hydroxylation is 2. The standard InChI is InChI=1S/C44H70N7O19P3/c1-42(2,20-13-11-17-29-16-10-9-15-28(29)14-8-7-12-21-43(3,4)41(57)58)31(52)18-22-46-32(53)19-23-47-39(56)36(55)44(5,6)25-67-73(64,65)70-72(62,63)66-24-30-35(69-71(59,60)61)34(54)40(68-30)51-27-50-33-37(45)48-26-49-38(33)51/h9-10,15-16,26-27,30,34-36,40,54-55H,7-8,11-14,17-25H2,1-6H3,(H,46,53)(H,47,56)(H,57,58)(H,62,63)(H,64,65)(H2,45,48,49)(H2,59,60,61). The van der Waals surface area contributed by atoms with Gasteiger partial charge in [0.1, 0.15) is 42.0 Å². The van der Waals surface area contributed by atoms with Gasteiger partial charge < -0.3 is 56.0 Å². The van der Waals surface area contributed by atoms with Crippen LogP contribution < -0.4 is 16.4 Å². The Hall–Kier alpha value is -4.10. The summed E-state index contributed by atoms with van der Waals surface area (Å²) in [6.45, 7) is 7.53. The monoisotopic (exact) mass is 1090 g/mol. The molecule has 7 unspecified atom stereocenters. The predicted molar refractivity (Wildman–Crippen MR) is 261 cm³/mol. The molecule has 3 aromatic rings. The number of imidazole rings is 1. The fourth-order valence-corrected chi connectivity index (χ4v) is 10.7. The number of ether oxygens (including phenoxy) is 1. The number of Topliss-reactive ketones (excluding diaryl/α,β-unsaturated/α-hetero) is 1. The average molecular weight is 1090 g/mol. The third kappa shape index (κ3) is 18.9. The molecule has 0 radical (unpaired) electrons. The van der Waals surface area contributed by atoms with E-state index in [9.17, 15) is 67.8 Å². The number of hydrogen-bond donors (Lipinski definition) is 10. The molecule has 1 aliphatic heterocycles. The molecule has 1 aromatic carbocycles. The number of nitrogens with zero attached hydrogens (tertiary/aromatic N) is 4. The largest absolute Gasteiger partial charge is 0.481 e. The van der Waals surface area contributed by atoms with Gasteiger partial charge in [-0.05, 0) is 63.5 Å². The zero-order valence-corrected chi connectivity index (χ0v) is 44.4. The average Bonchev–Trinajstić information content (AvgIpc) is 3.86. The molecule has 1 fully saturated rings. The van der Waals surface area contributed by atoms with Crippen LogP contribution in [0.4, 0.5) is 5.82 Å². The molecule has 7 atom stereocenters. The van der Waals surface area contributed by atoms with Gasteiger partial charge in [-0.3, -0.25) is 37.3 Å². The van der Waals surface area contributed by atoms with E-state index in [0.717, 1.165) is 62.2 Å². The predicted octanol–water partition coefficient (Wildman–Crippen LogP) is 4.02. The number of aromatic nitrogens is 4. The van der Waals surface area contributed by atoms with Crippen LogP contribution in [-0.2, 0) is 68.3 Å². The van der Waals surface area contributed by atoms with Gasteiger partial charge >= 0.3 is 29.4 Å². The Kier molecular flexibility index (Phi) is 22.0.